The second kappa shape index (κ2) is 10.6. The van der Waals surface area contributed by atoms with E-state index in [2.05, 4.69) is 22.9 Å². The van der Waals surface area contributed by atoms with Crippen molar-refractivity contribution < 1.29 is 24.2 Å². The standard InChI is InChI=1S/C21H28N4O6S/c1-21(2,32)17(25-18(28)12(23)7-3-4-9-22)20(30)31-19(29)13-10-15(27)11-6-5-8-14(26)16(11)24-13/h5-6,8,10,12,17,26,32H,3-4,7,9,22-23H2,1-2H3,(H,24,27)(H,25,28)/t12-,17+/m0/s1. The van der Waals surface area contributed by atoms with E-state index in [1.54, 1.807) is 13.8 Å². The summed E-state index contributed by atoms with van der Waals surface area (Å²) in [6, 6.07) is 3.08. The van der Waals surface area contributed by atoms with Crippen molar-refractivity contribution in [2.45, 2.75) is 49.9 Å². The molecular formula is C21H28N4O6S. The van der Waals surface area contributed by atoms with Crippen molar-refractivity contribution in [1.29, 1.82) is 0 Å². The van der Waals surface area contributed by atoms with E-state index in [0.717, 1.165) is 6.07 Å². The fraction of sp³-hybridized carbons (Fsp3) is 0.429. The Balaban J connectivity index is 2.19. The number of hydrogen-bond acceptors (Lipinski definition) is 9. The number of nitrogens with two attached hydrogens (primary N) is 2. The number of ether oxygens (including phenoxy) is 1. The van der Waals surface area contributed by atoms with Gasteiger partial charge >= 0.3 is 11.9 Å². The number of pyridine rings is 1. The first-order valence-corrected chi connectivity index (χ1v) is 10.5. The molecule has 0 spiro atoms. The van der Waals surface area contributed by atoms with Gasteiger partial charge in [0.2, 0.25) is 5.91 Å². The number of para-hydroxylation sites is 1. The van der Waals surface area contributed by atoms with Crippen LogP contribution in [-0.2, 0) is 14.3 Å². The Labute approximate surface area is 190 Å². The lowest BCUT2D eigenvalue weighted by atomic mass is 10.0. The van der Waals surface area contributed by atoms with E-state index in [1.165, 1.54) is 18.2 Å². The average molecular weight is 465 g/mol. The molecule has 1 heterocycles. The predicted molar refractivity (Wildman–Crippen MR) is 123 cm³/mol. The maximum atomic E-state index is 12.7. The molecule has 11 heteroatoms. The fourth-order valence-corrected chi connectivity index (χ4v) is 3.15. The van der Waals surface area contributed by atoms with Crippen LogP contribution in [0.5, 0.6) is 5.75 Å². The Kier molecular flexibility index (Phi) is 8.42. The number of H-pyrrole nitrogens is 1. The van der Waals surface area contributed by atoms with Crippen LogP contribution in [0.3, 0.4) is 0 Å². The molecule has 0 aliphatic rings. The Hall–Kier alpha value is -2.89. The highest BCUT2D eigenvalue weighted by Crippen LogP contribution is 2.22. The molecule has 2 rings (SSSR count). The summed E-state index contributed by atoms with van der Waals surface area (Å²) in [4.78, 5) is 52.5. The summed E-state index contributed by atoms with van der Waals surface area (Å²) in [5.74, 6) is -3.06. The number of aromatic hydroxyl groups is 1. The third-order valence-electron chi connectivity index (χ3n) is 4.79. The quantitative estimate of drug-likeness (QED) is 0.135. The van der Waals surface area contributed by atoms with Gasteiger partial charge in [0, 0.05) is 16.2 Å². The molecule has 1 aromatic heterocycles. The van der Waals surface area contributed by atoms with Crippen LogP contribution in [0.4, 0.5) is 0 Å². The van der Waals surface area contributed by atoms with Crippen molar-refractivity contribution in [3.8, 4) is 5.75 Å². The molecule has 10 nitrogen and oxygen atoms in total. The first kappa shape index (κ1) is 25.4. The molecule has 0 aliphatic carbocycles. The number of carbonyl (C=O) groups is 3. The molecule has 0 fully saturated rings. The molecule has 0 saturated carbocycles. The van der Waals surface area contributed by atoms with Crippen LogP contribution in [0, 0.1) is 0 Å². The topological polar surface area (TPSA) is 178 Å². The van der Waals surface area contributed by atoms with Crippen molar-refractivity contribution in [1.82, 2.24) is 10.3 Å². The molecule has 1 amide bonds. The number of benzene rings is 1. The van der Waals surface area contributed by atoms with Gasteiger partial charge in [0.1, 0.15) is 17.5 Å². The zero-order valence-electron chi connectivity index (χ0n) is 17.9. The summed E-state index contributed by atoms with van der Waals surface area (Å²) in [5, 5.41) is 12.6. The van der Waals surface area contributed by atoms with Gasteiger partial charge in [-0.2, -0.15) is 12.6 Å². The van der Waals surface area contributed by atoms with E-state index in [1.807, 2.05) is 0 Å². The first-order chi connectivity index (χ1) is 15.0. The van der Waals surface area contributed by atoms with Crippen LogP contribution >= 0.6 is 12.6 Å². The Morgan fingerprint density at radius 3 is 2.59 bits per heavy atom. The first-order valence-electron chi connectivity index (χ1n) is 10.0. The maximum Gasteiger partial charge on any atom is 0.362 e. The summed E-state index contributed by atoms with van der Waals surface area (Å²) >= 11 is 4.33. The predicted octanol–water partition coefficient (Wildman–Crippen LogP) is 0.567. The van der Waals surface area contributed by atoms with E-state index in [4.69, 9.17) is 16.2 Å². The molecule has 1 aromatic carbocycles. The lowest BCUT2D eigenvalue weighted by Gasteiger charge is -2.29. The minimum atomic E-state index is -1.30. The van der Waals surface area contributed by atoms with Crippen LogP contribution in [0.2, 0.25) is 0 Å². The average Bonchev–Trinajstić information content (AvgIpc) is 2.71. The summed E-state index contributed by atoms with van der Waals surface area (Å²) in [5.41, 5.74) is 10.4. The van der Waals surface area contributed by atoms with E-state index < -0.39 is 40.1 Å². The number of phenolic OH excluding ortho intramolecular Hbond substituents is 1. The minimum absolute atomic E-state index is 0.0298. The molecule has 0 aliphatic heterocycles. The second-order valence-corrected chi connectivity index (χ2v) is 9.09. The molecule has 2 aromatic rings. The third kappa shape index (κ3) is 6.31. The summed E-state index contributed by atoms with van der Waals surface area (Å²) < 4.78 is 3.80. The number of esters is 2. The van der Waals surface area contributed by atoms with Gasteiger partial charge in [-0.1, -0.05) is 12.5 Å². The zero-order valence-corrected chi connectivity index (χ0v) is 18.8. The molecule has 7 N–H and O–H groups in total. The molecule has 174 valence electrons. The van der Waals surface area contributed by atoms with E-state index in [0.29, 0.717) is 25.8 Å². The number of nitrogens with one attached hydrogen (secondary N) is 2. The van der Waals surface area contributed by atoms with Crippen LogP contribution in [0.1, 0.15) is 43.6 Å². The number of amides is 1. The number of phenols is 1. The highest BCUT2D eigenvalue weighted by atomic mass is 32.1. The molecule has 0 unspecified atom stereocenters. The van der Waals surface area contributed by atoms with E-state index in [-0.39, 0.29) is 22.3 Å². The molecule has 2 atom stereocenters. The maximum absolute atomic E-state index is 12.7. The number of unbranched alkanes of at least 4 members (excludes halogenated alkanes) is 1. The summed E-state index contributed by atoms with van der Waals surface area (Å²) in [6.45, 7) is 3.59. The normalized spacial score (nSPS) is 13.4. The Morgan fingerprint density at radius 2 is 1.97 bits per heavy atom. The van der Waals surface area contributed by atoms with E-state index in [9.17, 15) is 24.3 Å². The van der Waals surface area contributed by atoms with Gasteiger partial charge < -0.3 is 31.6 Å². The number of hydrogen-bond donors (Lipinski definition) is 6. The minimum Gasteiger partial charge on any atom is -0.506 e. The summed E-state index contributed by atoms with van der Waals surface area (Å²) in [7, 11) is 0. The summed E-state index contributed by atoms with van der Waals surface area (Å²) in [6.07, 6.45) is 1.72. The Morgan fingerprint density at radius 1 is 1.28 bits per heavy atom. The highest BCUT2D eigenvalue weighted by molar-refractivity contribution is 7.81. The molecule has 0 bridgehead atoms. The Bertz CT molecular complexity index is 1060. The number of aromatic amines is 1. The van der Waals surface area contributed by atoms with Crippen LogP contribution in [0.15, 0.2) is 29.1 Å². The van der Waals surface area contributed by atoms with Crippen molar-refractivity contribution in [2.75, 3.05) is 6.54 Å². The smallest absolute Gasteiger partial charge is 0.362 e. The molecule has 0 radical (unpaired) electrons. The van der Waals surface area contributed by atoms with Gasteiger partial charge in [-0.05, 0) is 45.4 Å². The highest BCUT2D eigenvalue weighted by Gasteiger charge is 2.37. The number of fused-ring (bicyclic) bond motifs is 1. The van der Waals surface area contributed by atoms with Crippen LogP contribution < -0.4 is 22.2 Å². The van der Waals surface area contributed by atoms with Gasteiger partial charge in [-0.15, -0.1) is 0 Å². The molecular weight excluding hydrogens is 436 g/mol. The van der Waals surface area contributed by atoms with Gasteiger partial charge in [0.15, 0.2) is 5.43 Å². The van der Waals surface area contributed by atoms with Crippen molar-refractivity contribution in [2.24, 2.45) is 11.5 Å². The second-order valence-electron chi connectivity index (χ2n) is 7.94. The third-order valence-corrected chi connectivity index (χ3v) is 5.05. The van der Waals surface area contributed by atoms with Gasteiger partial charge in [0.25, 0.3) is 0 Å². The van der Waals surface area contributed by atoms with Gasteiger partial charge in [0.05, 0.1) is 11.6 Å². The fourth-order valence-electron chi connectivity index (χ4n) is 2.98. The monoisotopic (exact) mass is 464 g/mol. The van der Waals surface area contributed by atoms with Crippen molar-refractivity contribution in [3.05, 3.63) is 40.2 Å². The molecule has 0 saturated heterocycles. The van der Waals surface area contributed by atoms with E-state index >= 15 is 0 Å². The number of aromatic nitrogens is 1. The van der Waals surface area contributed by atoms with Crippen LogP contribution in [-0.4, -0.2) is 51.3 Å². The molecule has 32 heavy (non-hydrogen) atoms. The van der Waals surface area contributed by atoms with Gasteiger partial charge in [-0.25, -0.2) is 9.59 Å². The lowest BCUT2D eigenvalue weighted by molar-refractivity contribution is -0.143. The zero-order chi connectivity index (χ0) is 24.1. The van der Waals surface area contributed by atoms with Gasteiger partial charge in [-0.3, -0.25) is 9.59 Å². The largest absolute Gasteiger partial charge is 0.506 e. The van der Waals surface area contributed by atoms with Crippen molar-refractivity contribution >= 4 is 41.4 Å². The SMILES string of the molecule is CC(C)(S)[C@H](NC(=O)[C@@H](N)CCCCN)C(=O)OC(=O)c1cc(=O)c2cccc(O)c2[nH]1. The number of carbonyl (C=O) groups excluding carboxylic acids is 3. The van der Waals surface area contributed by atoms with Crippen molar-refractivity contribution in [3.63, 3.8) is 0 Å². The number of rotatable bonds is 9. The number of thiol groups is 1. The van der Waals surface area contributed by atoms with Crippen LogP contribution in [0.25, 0.3) is 10.9 Å². The lowest BCUT2D eigenvalue weighted by Crippen LogP contribution is -2.56.